The number of anilines is 2. The molecule has 4 heteroatoms. The molecule has 2 N–H and O–H groups in total. The standard InChI is InChI=1S/C16H15N3O/c1-12-5-2-3-8-15(12)18-11-16(20)19-14-7-4-6-13(9-14)10-17/h2-9,18H,11H2,1H3,(H,19,20). The van der Waals surface area contributed by atoms with Crippen LogP contribution in [0.1, 0.15) is 11.1 Å². The third kappa shape index (κ3) is 3.59. The molecule has 2 aromatic rings. The number of amides is 1. The van der Waals surface area contributed by atoms with E-state index >= 15 is 0 Å². The predicted octanol–water partition coefficient (Wildman–Crippen LogP) is 2.92. The van der Waals surface area contributed by atoms with Gasteiger partial charge >= 0.3 is 0 Å². The molecule has 0 bridgehead atoms. The molecule has 0 fully saturated rings. The van der Waals surface area contributed by atoms with E-state index in [-0.39, 0.29) is 12.5 Å². The number of aryl methyl sites for hydroxylation is 1. The molecule has 0 radical (unpaired) electrons. The number of nitrogens with zero attached hydrogens (tertiary/aromatic N) is 1. The number of para-hydroxylation sites is 1. The quantitative estimate of drug-likeness (QED) is 0.893. The molecule has 0 spiro atoms. The fraction of sp³-hybridized carbons (Fsp3) is 0.125. The largest absolute Gasteiger partial charge is 0.376 e. The van der Waals surface area contributed by atoms with Gasteiger partial charge in [-0.15, -0.1) is 0 Å². The first-order valence-corrected chi connectivity index (χ1v) is 6.28. The van der Waals surface area contributed by atoms with Gasteiger partial charge in [0.2, 0.25) is 5.91 Å². The number of rotatable bonds is 4. The number of hydrogen-bond acceptors (Lipinski definition) is 3. The predicted molar refractivity (Wildman–Crippen MR) is 79.5 cm³/mol. The number of benzene rings is 2. The van der Waals surface area contributed by atoms with Crippen LogP contribution >= 0.6 is 0 Å². The Balaban J connectivity index is 1.93. The minimum Gasteiger partial charge on any atom is -0.376 e. The van der Waals surface area contributed by atoms with Crippen LogP contribution in [0, 0.1) is 18.3 Å². The Labute approximate surface area is 118 Å². The Morgan fingerprint density at radius 1 is 1.20 bits per heavy atom. The molecule has 4 nitrogen and oxygen atoms in total. The lowest BCUT2D eigenvalue weighted by atomic mass is 10.2. The zero-order chi connectivity index (χ0) is 14.4. The van der Waals surface area contributed by atoms with Crippen molar-refractivity contribution in [3.63, 3.8) is 0 Å². The second-order valence-corrected chi connectivity index (χ2v) is 4.41. The third-order valence-corrected chi connectivity index (χ3v) is 2.86. The fourth-order valence-electron chi connectivity index (χ4n) is 1.82. The average molecular weight is 265 g/mol. The summed E-state index contributed by atoms with van der Waals surface area (Å²) in [5.41, 5.74) is 3.18. The SMILES string of the molecule is Cc1ccccc1NCC(=O)Nc1cccc(C#N)c1. The van der Waals surface area contributed by atoms with Gasteiger partial charge in [-0.05, 0) is 36.8 Å². The van der Waals surface area contributed by atoms with Crippen molar-refractivity contribution in [2.24, 2.45) is 0 Å². The monoisotopic (exact) mass is 265 g/mol. The lowest BCUT2D eigenvalue weighted by Gasteiger charge is -2.09. The van der Waals surface area contributed by atoms with Crippen LogP contribution in [0.2, 0.25) is 0 Å². The average Bonchev–Trinajstić information content (AvgIpc) is 2.46. The van der Waals surface area contributed by atoms with E-state index in [0.717, 1.165) is 11.3 Å². The smallest absolute Gasteiger partial charge is 0.243 e. The van der Waals surface area contributed by atoms with E-state index in [1.54, 1.807) is 24.3 Å². The highest BCUT2D eigenvalue weighted by Crippen LogP contribution is 2.13. The molecule has 2 aromatic carbocycles. The van der Waals surface area contributed by atoms with Gasteiger partial charge in [-0.2, -0.15) is 5.26 Å². The fourth-order valence-corrected chi connectivity index (χ4v) is 1.82. The highest BCUT2D eigenvalue weighted by atomic mass is 16.1. The number of nitriles is 1. The van der Waals surface area contributed by atoms with Crippen LogP contribution in [0.3, 0.4) is 0 Å². The molecular formula is C16H15N3O. The molecular weight excluding hydrogens is 250 g/mol. The van der Waals surface area contributed by atoms with Crippen LogP contribution in [0.4, 0.5) is 11.4 Å². The summed E-state index contributed by atoms with van der Waals surface area (Å²) in [5, 5.41) is 14.6. The molecule has 0 saturated heterocycles. The molecule has 0 heterocycles. The van der Waals surface area contributed by atoms with E-state index in [1.807, 2.05) is 37.3 Å². The van der Waals surface area contributed by atoms with Gasteiger partial charge in [-0.3, -0.25) is 4.79 Å². The minimum atomic E-state index is -0.150. The number of nitrogens with one attached hydrogen (secondary N) is 2. The van der Waals surface area contributed by atoms with Crippen molar-refractivity contribution in [3.05, 3.63) is 59.7 Å². The number of carbonyl (C=O) groups is 1. The molecule has 0 aliphatic rings. The van der Waals surface area contributed by atoms with Gasteiger partial charge < -0.3 is 10.6 Å². The highest BCUT2D eigenvalue weighted by molar-refractivity contribution is 5.93. The minimum absolute atomic E-state index is 0.150. The van der Waals surface area contributed by atoms with Crippen molar-refractivity contribution in [3.8, 4) is 6.07 Å². The molecule has 1 amide bonds. The first kappa shape index (κ1) is 13.6. The molecule has 0 aliphatic heterocycles. The Bertz CT molecular complexity index is 659. The van der Waals surface area contributed by atoms with Crippen LogP contribution < -0.4 is 10.6 Å². The van der Waals surface area contributed by atoms with Crippen molar-refractivity contribution < 1.29 is 4.79 Å². The topological polar surface area (TPSA) is 64.9 Å². The Morgan fingerprint density at radius 3 is 2.75 bits per heavy atom. The summed E-state index contributed by atoms with van der Waals surface area (Å²) in [5.74, 6) is -0.150. The Hall–Kier alpha value is -2.80. The molecule has 100 valence electrons. The van der Waals surface area contributed by atoms with E-state index in [4.69, 9.17) is 5.26 Å². The van der Waals surface area contributed by atoms with Crippen molar-refractivity contribution in [1.82, 2.24) is 0 Å². The molecule has 0 saturated carbocycles. The van der Waals surface area contributed by atoms with Gasteiger partial charge in [0, 0.05) is 11.4 Å². The van der Waals surface area contributed by atoms with Crippen LogP contribution in [-0.2, 0) is 4.79 Å². The first-order chi connectivity index (χ1) is 9.69. The van der Waals surface area contributed by atoms with E-state index in [0.29, 0.717) is 11.3 Å². The van der Waals surface area contributed by atoms with Crippen LogP contribution in [0.25, 0.3) is 0 Å². The molecule has 0 atom stereocenters. The summed E-state index contributed by atoms with van der Waals surface area (Å²) in [6.07, 6.45) is 0. The van der Waals surface area contributed by atoms with Crippen LogP contribution in [0.15, 0.2) is 48.5 Å². The first-order valence-electron chi connectivity index (χ1n) is 6.28. The summed E-state index contributed by atoms with van der Waals surface area (Å²) in [7, 11) is 0. The maximum Gasteiger partial charge on any atom is 0.243 e. The molecule has 20 heavy (non-hydrogen) atoms. The van der Waals surface area contributed by atoms with Crippen molar-refractivity contribution in [2.75, 3.05) is 17.2 Å². The second-order valence-electron chi connectivity index (χ2n) is 4.41. The van der Waals surface area contributed by atoms with Crippen molar-refractivity contribution in [1.29, 1.82) is 5.26 Å². The van der Waals surface area contributed by atoms with Crippen LogP contribution in [-0.4, -0.2) is 12.5 Å². The maximum atomic E-state index is 11.8. The highest BCUT2D eigenvalue weighted by Gasteiger charge is 2.04. The summed E-state index contributed by atoms with van der Waals surface area (Å²) >= 11 is 0. The lowest BCUT2D eigenvalue weighted by Crippen LogP contribution is -2.22. The molecule has 0 unspecified atom stereocenters. The van der Waals surface area contributed by atoms with Gasteiger partial charge in [-0.1, -0.05) is 24.3 Å². The van der Waals surface area contributed by atoms with Gasteiger partial charge in [0.25, 0.3) is 0 Å². The van der Waals surface area contributed by atoms with Crippen molar-refractivity contribution in [2.45, 2.75) is 6.92 Å². The zero-order valence-electron chi connectivity index (χ0n) is 11.2. The van der Waals surface area contributed by atoms with Crippen molar-refractivity contribution >= 4 is 17.3 Å². The van der Waals surface area contributed by atoms with Crippen LogP contribution in [0.5, 0.6) is 0 Å². The van der Waals surface area contributed by atoms with Gasteiger partial charge in [0.15, 0.2) is 0 Å². The summed E-state index contributed by atoms with van der Waals surface area (Å²) in [4.78, 5) is 11.8. The van der Waals surface area contributed by atoms with E-state index in [1.165, 1.54) is 0 Å². The lowest BCUT2D eigenvalue weighted by molar-refractivity contribution is -0.114. The second kappa shape index (κ2) is 6.39. The summed E-state index contributed by atoms with van der Waals surface area (Å²) < 4.78 is 0. The van der Waals surface area contributed by atoms with Gasteiger partial charge in [0.05, 0.1) is 18.2 Å². The Morgan fingerprint density at radius 2 is 2.00 bits per heavy atom. The summed E-state index contributed by atoms with van der Waals surface area (Å²) in [6, 6.07) is 16.7. The zero-order valence-corrected chi connectivity index (χ0v) is 11.2. The van der Waals surface area contributed by atoms with E-state index in [9.17, 15) is 4.79 Å². The molecule has 2 rings (SSSR count). The Kier molecular flexibility index (Phi) is 4.35. The van der Waals surface area contributed by atoms with E-state index in [2.05, 4.69) is 10.6 Å². The molecule has 0 aliphatic carbocycles. The van der Waals surface area contributed by atoms with Gasteiger partial charge in [-0.25, -0.2) is 0 Å². The number of hydrogen-bond donors (Lipinski definition) is 2. The number of carbonyl (C=O) groups excluding carboxylic acids is 1. The molecule has 0 aromatic heterocycles. The maximum absolute atomic E-state index is 11.8. The van der Waals surface area contributed by atoms with E-state index < -0.39 is 0 Å². The third-order valence-electron chi connectivity index (χ3n) is 2.86. The van der Waals surface area contributed by atoms with Gasteiger partial charge in [0.1, 0.15) is 0 Å². The normalized spacial score (nSPS) is 9.60. The summed E-state index contributed by atoms with van der Waals surface area (Å²) in [6.45, 7) is 2.16.